The zero-order valence-electron chi connectivity index (χ0n) is 10.7. The fourth-order valence-corrected chi connectivity index (χ4v) is 2.29. The molecule has 0 radical (unpaired) electrons. The lowest BCUT2D eigenvalue weighted by Gasteiger charge is -2.15. The quantitative estimate of drug-likeness (QED) is 0.904. The van der Waals surface area contributed by atoms with Crippen molar-refractivity contribution in [1.82, 2.24) is 9.55 Å². The van der Waals surface area contributed by atoms with Crippen molar-refractivity contribution in [3.05, 3.63) is 29.0 Å². The molecule has 1 aromatic carbocycles. The molecule has 1 heterocycles. The first-order valence-electron chi connectivity index (χ1n) is 5.97. The second kappa shape index (κ2) is 5.19. The molecule has 6 heteroatoms. The summed E-state index contributed by atoms with van der Waals surface area (Å²) in [6.45, 7) is 3.89. The first-order chi connectivity index (χ1) is 8.90. The van der Waals surface area contributed by atoms with Gasteiger partial charge in [0.05, 0.1) is 17.5 Å². The SMILES string of the molecule is CC(C)n1c([C@@H](O)CC(=O)O)nc2ccc(Cl)cc21. The second-order valence-corrected chi connectivity index (χ2v) is 5.12. The van der Waals surface area contributed by atoms with E-state index in [2.05, 4.69) is 4.98 Å². The molecule has 0 spiro atoms. The van der Waals surface area contributed by atoms with Crippen LogP contribution in [0.15, 0.2) is 18.2 Å². The van der Waals surface area contributed by atoms with Crippen LogP contribution in [0.1, 0.15) is 38.2 Å². The van der Waals surface area contributed by atoms with Crippen LogP contribution in [-0.4, -0.2) is 25.7 Å². The van der Waals surface area contributed by atoms with E-state index in [-0.39, 0.29) is 12.5 Å². The molecule has 19 heavy (non-hydrogen) atoms. The fourth-order valence-electron chi connectivity index (χ4n) is 2.12. The van der Waals surface area contributed by atoms with Crippen molar-refractivity contribution < 1.29 is 15.0 Å². The Balaban J connectivity index is 2.59. The Morgan fingerprint density at radius 1 is 1.47 bits per heavy atom. The van der Waals surface area contributed by atoms with Gasteiger partial charge in [-0.3, -0.25) is 4.79 Å². The van der Waals surface area contributed by atoms with Crippen LogP contribution in [0.3, 0.4) is 0 Å². The Hall–Kier alpha value is -1.59. The number of aromatic nitrogens is 2. The summed E-state index contributed by atoms with van der Waals surface area (Å²) in [5.74, 6) is -0.706. The molecule has 0 saturated carbocycles. The number of aliphatic hydroxyl groups excluding tert-OH is 1. The van der Waals surface area contributed by atoms with Gasteiger partial charge < -0.3 is 14.8 Å². The molecule has 5 nitrogen and oxygen atoms in total. The molecule has 0 amide bonds. The van der Waals surface area contributed by atoms with Crippen molar-refractivity contribution in [2.24, 2.45) is 0 Å². The summed E-state index contributed by atoms with van der Waals surface area (Å²) >= 11 is 5.97. The minimum absolute atomic E-state index is 0.0434. The average molecular weight is 283 g/mol. The van der Waals surface area contributed by atoms with Crippen molar-refractivity contribution in [1.29, 1.82) is 0 Å². The van der Waals surface area contributed by atoms with Crippen molar-refractivity contribution in [2.75, 3.05) is 0 Å². The zero-order chi connectivity index (χ0) is 14.2. The van der Waals surface area contributed by atoms with E-state index in [0.29, 0.717) is 16.4 Å². The number of aliphatic hydroxyl groups is 1. The monoisotopic (exact) mass is 282 g/mol. The van der Waals surface area contributed by atoms with Crippen LogP contribution in [0.25, 0.3) is 11.0 Å². The van der Waals surface area contributed by atoms with Gasteiger partial charge in [0.15, 0.2) is 0 Å². The van der Waals surface area contributed by atoms with Gasteiger partial charge in [-0.05, 0) is 32.0 Å². The maximum atomic E-state index is 10.7. The predicted molar refractivity (Wildman–Crippen MR) is 72.3 cm³/mol. The Morgan fingerprint density at radius 2 is 2.16 bits per heavy atom. The van der Waals surface area contributed by atoms with Gasteiger partial charge in [0, 0.05) is 11.1 Å². The molecule has 2 rings (SSSR count). The van der Waals surface area contributed by atoms with E-state index in [4.69, 9.17) is 16.7 Å². The normalized spacial score (nSPS) is 13.1. The van der Waals surface area contributed by atoms with Crippen LogP contribution in [0.5, 0.6) is 0 Å². The van der Waals surface area contributed by atoms with E-state index in [0.717, 1.165) is 5.52 Å². The number of benzene rings is 1. The van der Waals surface area contributed by atoms with Crippen LogP contribution in [0, 0.1) is 0 Å². The number of hydrogen-bond acceptors (Lipinski definition) is 3. The lowest BCUT2D eigenvalue weighted by molar-refractivity contribution is -0.139. The molecule has 0 aliphatic rings. The number of hydrogen-bond donors (Lipinski definition) is 2. The molecular weight excluding hydrogens is 268 g/mol. The van der Waals surface area contributed by atoms with Crippen LogP contribution in [0.4, 0.5) is 0 Å². The molecule has 0 unspecified atom stereocenters. The van der Waals surface area contributed by atoms with Crippen LogP contribution >= 0.6 is 11.6 Å². The van der Waals surface area contributed by atoms with E-state index < -0.39 is 12.1 Å². The number of carboxylic acids is 1. The van der Waals surface area contributed by atoms with E-state index in [1.165, 1.54) is 0 Å². The highest BCUT2D eigenvalue weighted by Gasteiger charge is 2.22. The first kappa shape index (κ1) is 13.8. The largest absolute Gasteiger partial charge is 0.481 e. The lowest BCUT2D eigenvalue weighted by Crippen LogP contribution is -2.13. The number of carboxylic acid groups (broad SMARTS) is 1. The van der Waals surface area contributed by atoms with E-state index >= 15 is 0 Å². The molecule has 0 fully saturated rings. The Labute approximate surface area is 115 Å². The summed E-state index contributed by atoms with van der Waals surface area (Å²) < 4.78 is 1.81. The maximum absolute atomic E-state index is 10.7. The molecule has 0 saturated heterocycles. The third-order valence-corrected chi connectivity index (χ3v) is 3.10. The van der Waals surface area contributed by atoms with E-state index in [1.54, 1.807) is 18.2 Å². The third kappa shape index (κ3) is 2.72. The molecule has 102 valence electrons. The molecule has 1 atom stereocenters. The summed E-state index contributed by atoms with van der Waals surface area (Å²) in [6, 6.07) is 5.28. The fraction of sp³-hybridized carbons (Fsp3) is 0.385. The van der Waals surface area contributed by atoms with Gasteiger partial charge in [0.1, 0.15) is 11.9 Å². The molecular formula is C13H15ClN2O3. The van der Waals surface area contributed by atoms with Gasteiger partial charge in [0.25, 0.3) is 0 Å². The lowest BCUT2D eigenvalue weighted by atomic mass is 10.2. The smallest absolute Gasteiger partial charge is 0.306 e. The van der Waals surface area contributed by atoms with Gasteiger partial charge >= 0.3 is 5.97 Å². The highest BCUT2D eigenvalue weighted by Crippen LogP contribution is 2.28. The number of aliphatic carboxylic acids is 1. The number of rotatable bonds is 4. The molecule has 0 aliphatic heterocycles. The van der Waals surface area contributed by atoms with Gasteiger partial charge in [-0.1, -0.05) is 11.6 Å². The van der Waals surface area contributed by atoms with Gasteiger partial charge in [0.2, 0.25) is 0 Å². The minimum Gasteiger partial charge on any atom is -0.481 e. The second-order valence-electron chi connectivity index (χ2n) is 4.68. The van der Waals surface area contributed by atoms with Crippen LogP contribution in [-0.2, 0) is 4.79 Å². The molecule has 0 aliphatic carbocycles. The Morgan fingerprint density at radius 3 is 2.74 bits per heavy atom. The van der Waals surface area contributed by atoms with Crippen molar-refractivity contribution in [3.63, 3.8) is 0 Å². The van der Waals surface area contributed by atoms with Gasteiger partial charge in [-0.15, -0.1) is 0 Å². The van der Waals surface area contributed by atoms with Crippen LogP contribution in [0.2, 0.25) is 5.02 Å². The van der Waals surface area contributed by atoms with Crippen molar-refractivity contribution >= 4 is 28.6 Å². The summed E-state index contributed by atoms with van der Waals surface area (Å²) in [4.78, 5) is 15.0. The number of nitrogens with zero attached hydrogens (tertiary/aromatic N) is 2. The summed E-state index contributed by atoms with van der Waals surface area (Å²) in [5, 5.41) is 19.3. The first-order valence-corrected chi connectivity index (χ1v) is 6.35. The standard InChI is InChI=1S/C13H15ClN2O3/c1-7(2)16-10-5-8(14)3-4-9(10)15-13(16)11(17)6-12(18)19/h3-5,7,11,17H,6H2,1-2H3,(H,18,19)/t11-/m0/s1. The summed E-state index contributed by atoms with van der Waals surface area (Å²) in [5.41, 5.74) is 1.49. The molecule has 2 N–H and O–H groups in total. The number of fused-ring (bicyclic) bond motifs is 1. The molecule has 0 bridgehead atoms. The van der Waals surface area contributed by atoms with E-state index in [1.807, 2.05) is 18.4 Å². The number of halogens is 1. The van der Waals surface area contributed by atoms with Crippen molar-refractivity contribution in [2.45, 2.75) is 32.4 Å². The topological polar surface area (TPSA) is 75.4 Å². The van der Waals surface area contributed by atoms with Crippen LogP contribution < -0.4 is 0 Å². The number of carbonyl (C=O) groups is 1. The van der Waals surface area contributed by atoms with Crippen molar-refractivity contribution in [3.8, 4) is 0 Å². The zero-order valence-corrected chi connectivity index (χ0v) is 11.4. The highest BCUT2D eigenvalue weighted by molar-refractivity contribution is 6.31. The van der Waals surface area contributed by atoms with E-state index in [9.17, 15) is 9.90 Å². The number of imidazole rings is 1. The van der Waals surface area contributed by atoms with Gasteiger partial charge in [-0.2, -0.15) is 0 Å². The Bertz CT molecular complexity index is 622. The highest BCUT2D eigenvalue weighted by atomic mass is 35.5. The minimum atomic E-state index is -1.13. The molecule has 2 aromatic rings. The average Bonchev–Trinajstić information content (AvgIpc) is 2.66. The summed E-state index contributed by atoms with van der Waals surface area (Å²) in [7, 11) is 0. The molecule has 1 aromatic heterocycles. The Kier molecular flexibility index (Phi) is 3.78. The summed E-state index contributed by atoms with van der Waals surface area (Å²) in [6.07, 6.45) is -1.50. The van der Waals surface area contributed by atoms with Gasteiger partial charge in [-0.25, -0.2) is 4.98 Å². The predicted octanol–water partition coefficient (Wildman–Crippen LogP) is 2.78. The maximum Gasteiger partial charge on any atom is 0.306 e. The third-order valence-electron chi connectivity index (χ3n) is 2.86.